The topological polar surface area (TPSA) is 43.8 Å². The first-order valence-corrected chi connectivity index (χ1v) is 7.72. The number of piperidine rings is 2. The molecule has 2 rings (SSSR count). The van der Waals surface area contributed by atoms with Crippen molar-refractivity contribution in [1.29, 1.82) is 0 Å². The van der Waals surface area contributed by atoms with Gasteiger partial charge in [-0.05, 0) is 65.1 Å². The fraction of sp³-hybridized carbons (Fsp3) is 0.933. The summed E-state index contributed by atoms with van der Waals surface area (Å²) in [6, 6.07) is 1.40. The summed E-state index contributed by atoms with van der Waals surface area (Å²) in [5.74, 6) is -0.0511. The monoisotopic (exact) mass is 268 g/mol. The molecule has 110 valence electrons. The van der Waals surface area contributed by atoms with Gasteiger partial charge in [-0.25, -0.2) is 0 Å². The minimum atomic E-state index is -0.648. The zero-order valence-electron chi connectivity index (χ0n) is 12.3. The Hall–Kier alpha value is -0.610. The van der Waals surface area contributed by atoms with Gasteiger partial charge in [-0.15, -0.1) is 0 Å². The third kappa shape index (κ3) is 4.18. The van der Waals surface area contributed by atoms with E-state index in [4.69, 9.17) is 5.11 Å². The fourth-order valence-electron chi connectivity index (χ4n) is 3.59. The maximum absolute atomic E-state index is 10.7. The normalized spacial score (nSPS) is 34.3. The molecule has 2 heterocycles. The Labute approximate surface area is 116 Å². The van der Waals surface area contributed by atoms with Gasteiger partial charge < -0.3 is 14.9 Å². The summed E-state index contributed by atoms with van der Waals surface area (Å²) in [6.45, 7) is 5.85. The fourth-order valence-corrected chi connectivity index (χ4v) is 3.59. The Morgan fingerprint density at radius 2 is 2.11 bits per heavy atom. The molecule has 0 saturated carbocycles. The summed E-state index contributed by atoms with van der Waals surface area (Å²) in [6.07, 6.45) is 6.18. The molecule has 3 atom stereocenters. The van der Waals surface area contributed by atoms with E-state index in [1.807, 2.05) is 0 Å². The number of carbonyl (C=O) groups is 1. The summed E-state index contributed by atoms with van der Waals surface area (Å²) in [4.78, 5) is 15.8. The smallest absolute Gasteiger partial charge is 0.303 e. The van der Waals surface area contributed by atoms with Crippen LogP contribution in [0.2, 0.25) is 0 Å². The molecule has 2 aliphatic heterocycles. The number of carboxylic acids is 1. The van der Waals surface area contributed by atoms with Gasteiger partial charge in [-0.1, -0.05) is 0 Å². The van der Waals surface area contributed by atoms with E-state index in [9.17, 15) is 4.79 Å². The number of hydrogen-bond donors (Lipinski definition) is 1. The van der Waals surface area contributed by atoms with Gasteiger partial charge in [-0.2, -0.15) is 0 Å². The molecule has 3 unspecified atom stereocenters. The molecule has 1 N–H and O–H groups in total. The summed E-state index contributed by atoms with van der Waals surface area (Å²) < 4.78 is 0. The number of rotatable bonds is 4. The lowest BCUT2D eigenvalue weighted by Gasteiger charge is -2.44. The quantitative estimate of drug-likeness (QED) is 0.847. The van der Waals surface area contributed by atoms with E-state index < -0.39 is 5.97 Å². The average molecular weight is 268 g/mol. The van der Waals surface area contributed by atoms with Crippen LogP contribution in [-0.4, -0.2) is 59.6 Å². The third-order valence-electron chi connectivity index (χ3n) is 5.01. The van der Waals surface area contributed by atoms with Crippen LogP contribution in [0.3, 0.4) is 0 Å². The number of nitrogens with zero attached hydrogens (tertiary/aromatic N) is 2. The van der Waals surface area contributed by atoms with E-state index in [2.05, 4.69) is 23.8 Å². The molecule has 2 aliphatic rings. The molecule has 0 aromatic rings. The Morgan fingerprint density at radius 1 is 1.32 bits per heavy atom. The molecule has 19 heavy (non-hydrogen) atoms. The maximum atomic E-state index is 10.7. The molecule has 0 spiro atoms. The maximum Gasteiger partial charge on any atom is 0.303 e. The SMILES string of the molecule is CC1CC(N2CCCC(CCC(=O)O)C2)CCN1C. The van der Waals surface area contributed by atoms with Gasteiger partial charge in [0.25, 0.3) is 0 Å². The molecular formula is C15H28N2O2. The van der Waals surface area contributed by atoms with Crippen LogP contribution < -0.4 is 0 Å². The Balaban J connectivity index is 1.81. The minimum absolute atomic E-state index is 0.336. The zero-order chi connectivity index (χ0) is 13.8. The molecule has 0 radical (unpaired) electrons. The summed E-state index contributed by atoms with van der Waals surface area (Å²) in [5.41, 5.74) is 0. The second-order valence-corrected chi connectivity index (χ2v) is 6.44. The van der Waals surface area contributed by atoms with Crippen molar-refractivity contribution < 1.29 is 9.90 Å². The van der Waals surface area contributed by atoms with Crippen LogP contribution in [0.4, 0.5) is 0 Å². The molecule has 2 saturated heterocycles. The molecule has 0 aromatic carbocycles. The number of carboxylic acid groups (broad SMARTS) is 1. The lowest BCUT2D eigenvalue weighted by atomic mass is 9.89. The number of likely N-dealkylation sites (tertiary alicyclic amines) is 2. The van der Waals surface area contributed by atoms with Gasteiger partial charge in [0, 0.05) is 25.0 Å². The highest BCUT2D eigenvalue weighted by atomic mass is 16.4. The van der Waals surface area contributed by atoms with Crippen molar-refractivity contribution in [1.82, 2.24) is 9.80 Å². The predicted molar refractivity (Wildman–Crippen MR) is 76.3 cm³/mol. The predicted octanol–water partition coefficient (Wildman–Crippen LogP) is 2.05. The standard InChI is InChI=1S/C15H28N2O2/c1-12-10-14(7-9-16(12)2)17-8-3-4-13(11-17)5-6-15(18)19/h12-14H,3-11H2,1-2H3,(H,18,19). The van der Waals surface area contributed by atoms with Crippen molar-refractivity contribution in [2.75, 3.05) is 26.7 Å². The van der Waals surface area contributed by atoms with Crippen LogP contribution in [0.15, 0.2) is 0 Å². The van der Waals surface area contributed by atoms with E-state index in [0.29, 0.717) is 18.4 Å². The molecule has 4 heteroatoms. The molecule has 0 aliphatic carbocycles. The van der Waals surface area contributed by atoms with E-state index in [0.717, 1.165) is 19.0 Å². The molecular weight excluding hydrogens is 240 g/mol. The Kier molecular flexibility index (Phi) is 5.22. The minimum Gasteiger partial charge on any atom is -0.481 e. The van der Waals surface area contributed by atoms with Gasteiger partial charge >= 0.3 is 5.97 Å². The average Bonchev–Trinajstić information content (AvgIpc) is 2.40. The highest BCUT2D eigenvalue weighted by molar-refractivity contribution is 5.66. The van der Waals surface area contributed by atoms with Crippen molar-refractivity contribution in [2.24, 2.45) is 5.92 Å². The van der Waals surface area contributed by atoms with Crippen molar-refractivity contribution in [3.63, 3.8) is 0 Å². The van der Waals surface area contributed by atoms with E-state index in [1.54, 1.807) is 0 Å². The first-order valence-electron chi connectivity index (χ1n) is 7.72. The Morgan fingerprint density at radius 3 is 2.79 bits per heavy atom. The summed E-state index contributed by atoms with van der Waals surface area (Å²) >= 11 is 0. The van der Waals surface area contributed by atoms with Crippen molar-refractivity contribution in [3.8, 4) is 0 Å². The van der Waals surface area contributed by atoms with Crippen molar-refractivity contribution in [2.45, 2.75) is 57.5 Å². The van der Waals surface area contributed by atoms with E-state index >= 15 is 0 Å². The molecule has 0 amide bonds. The van der Waals surface area contributed by atoms with Crippen LogP contribution in [0.5, 0.6) is 0 Å². The Bertz CT molecular complexity index is 309. The molecule has 2 fully saturated rings. The second kappa shape index (κ2) is 6.71. The number of hydrogen-bond acceptors (Lipinski definition) is 3. The van der Waals surface area contributed by atoms with Gasteiger partial charge in [0.05, 0.1) is 0 Å². The van der Waals surface area contributed by atoms with Gasteiger partial charge in [0.1, 0.15) is 0 Å². The number of aliphatic carboxylic acids is 1. The highest BCUT2D eigenvalue weighted by Crippen LogP contribution is 2.27. The summed E-state index contributed by atoms with van der Waals surface area (Å²) in [7, 11) is 2.22. The summed E-state index contributed by atoms with van der Waals surface area (Å²) in [5, 5.41) is 8.80. The lowest BCUT2D eigenvalue weighted by molar-refractivity contribution is -0.137. The van der Waals surface area contributed by atoms with Crippen LogP contribution in [0, 0.1) is 5.92 Å². The van der Waals surface area contributed by atoms with E-state index in [-0.39, 0.29) is 0 Å². The zero-order valence-corrected chi connectivity index (χ0v) is 12.3. The van der Waals surface area contributed by atoms with Crippen LogP contribution in [-0.2, 0) is 4.79 Å². The second-order valence-electron chi connectivity index (χ2n) is 6.44. The molecule has 4 nitrogen and oxygen atoms in total. The van der Waals surface area contributed by atoms with Crippen LogP contribution in [0.1, 0.15) is 45.4 Å². The van der Waals surface area contributed by atoms with Crippen molar-refractivity contribution >= 4 is 5.97 Å². The van der Waals surface area contributed by atoms with Crippen LogP contribution >= 0.6 is 0 Å². The first kappa shape index (κ1) is 14.8. The van der Waals surface area contributed by atoms with Crippen molar-refractivity contribution in [3.05, 3.63) is 0 Å². The first-order chi connectivity index (χ1) is 9.06. The third-order valence-corrected chi connectivity index (χ3v) is 5.01. The van der Waals surface area contributed by atoms with E-state index in [1.165, 1.54) is 38.8 Å². The van der Waals surface area contributed by atoms with Gasteiger partial charge in [0.15, 0.2) is 0 Å². The molecule has 0 bridgehead atoms. The lowest BCUT2D eigenvalue weighted by Crippen LogP contribution is -2.50. The highest BCUT2D eigenvalue weighted by Gasteiger charge is 2.30. The largest absolute Gasteiger partial charge is 0.481 e. The van der Waals surface area contributed by atoms with Gasteiger partial charge in [-0.3, -0.25) is 4.79 Å². The molecule has 0 aromatic heterocycles. The van der Waals surface area contributed by atoms with Crippen LogP contribution in [0.25, 0.3) is 0 Å². The van der Waals surface area contributed by atoms with Gasteiger partial charge in [0.2, 0.25) is 0 Å².